The van der Waals surface area contributed by atoms with Gasteiger partial charge in [-0.15, -0.1) is 0 Å². The molecule has 0 aliphatic carbocycles. The number of carbonyl (C=O) groups is 3. The molecule has 0 N–H and O–H groups in total. The van der Waals surface area contributed by atoms with Crippen LogP contribution in [0.4, 0.5) is 0 Å². The summed E-state index contributed by atoms with van der Waals surface area (Å²) in [6, 6.07) is 0. The lowest BCUT2D eigenvalue weighted by Gasteiger charge is -2.18. The molecule has 0 aliphatic rings. The molecule has 67 heavy (non-hydrogen) atoms. The minimum Gasteiger partial charge on any atom is -0.462 e. The molecule has 0 heterocycles. The molecule has 0 saturated carbocycles. The van der Waals surface area contributed by atoms with Crippen LogP contribution >= 0.6 is 0 Å². The van der Waals surface area contributed by atoms with Crippen molar-refractivity contribution >= 4 is 17.9 Å². The molecule has 0 bridgehead atoms. The van der Waals surface area contributed by atoms with Crippen LogP contribution in [0.1, 0.15) is 252 Å². The van der Waals surface area contributed by atoms with Crippen molar-refractivity contribution in [2.45, 2.75) is 258 Å². The number of carbonyl (C=O) groups excluding carboxylic acids is 3. The van der Waals surface area contributed by atoms with Gasteiger partial charge >= 0.3 is 17.9 Å². The van der Waals surface area contributed by atoms with E-state index < -0.39 is 6.10 Å². The Balaban J connectivity index is 4.50. The van der Waals surface area contributed by atoms with E-state index in [4.69, 9.17) is 14.2 Å². The van der Waals surface area contributed by atoms with E-state index >= 15 is 0 Å². The average molecular weight is 931 g/mol. The van der Waals surface area contributed by atoms with E-state index in [1.165, 1.54) is 83.5 Å². The van der Waals surface area contributed by atoms with Crippen LogP contribution in [0.15, 0.2) is 97.2 Å². The molecule has 382 valence electrons. The van der Waals surface area contributed by atoms with Gasteiger partial charge in [0.25, 0.3) is 0 Å². The molecule has 0 unspecified atom stereocenters. The van der Waals surface area contributed by atoms with Crippen LogP contribution in [0.5, 0.6) is 0 Å². The molecule has 0 aliphatic heterocycles. The highest BCUT2D eigenvalue weighted by atomic mass is 16.6. The molecule has 0 radical (unpaired) electrons. The molecule has 0 aromatic rings. The molecule has 0 amide bonds. The first kappa shape index (κ1) is 63.3. The summed E-state index contributed by atoms with van der Waals surface area (Å²) < 4.78 is 16.8. The van der Waals surface area contributed by atoms with E-state index in [1.807, 2.05) is 0 Å². The summed E-state index contributed by atoms with van der Waals surface area (Å²) in [6.07, 6.45) is 72.4. The second-order valence-electron chi connectivity index (χ2n) is 18.1. The van der Waals surface area contributed by atoms with E-state index in [9.17, 15) is 14.4 Å². The highest BCUT2D eigenvalue weighted by molar-refractivity contribution is 5.71. The first-order chi connectivity index (χ1) is 33.0. The van der Waals surface area contributed by atoms with E-state index in [1.54, 1.807) is 0 Å². The maximum Gasteiger partial charge on any atom is 0.306 e. The molecule has 6 heteroatoms. The van der Waals surface area contributed by atoms with Crippen LogP contribution in [0.2, 0.25) is 0 Å². The van der Waals surface area contributed by atoms with Crippen molar-refractivity contribution in [2.75, 3.05) is 13.2 Å². The van der Waals surface area contributed by atoms with Crippen LogP contribution in [-0.4, -0.2) is 37.2 Å². The maximum atomic E-state index is 12.8. The van der Waals surface area contributed by atoms with Gasteiger partial charge in [0, 0.05) is 19.3 Å². The van der Waals surface area contributed by atoms with Crippen molar-refractivity contribution in [1.82, 2.24) is 0 Å². The lowest BCUT2D eigenvalue weighted by atomic mass is 10.1. The van der Waals surface area contributed by atoms with Crippen molar-refractivity contribution < 1.29 is 28.6 Å². The van der Waals surface area contributed by atoms with E-state index in [0.29, 0.717) is 19.3 Å². The highest BCUT2D eigenvalue weighted by Crippen LogP contribution is 2.13. The number of hydrogen-bond donors (Lipinski definition) is 0. The van der Waals surface area contributed by atoms with Gasteiger partial charge in [-0.3, -0.25) is 14.4 Å². The molecule has 0 rings (SSSR count). The fourth-order valence-electron chi connectivity index (χ4n) is 7.37. The number of esters is 3. The van der Waals surface area contributed by atoms with Crippen LogP contribution in [0.3, 0.4) is 0 Å². The van der Waals surface area contributed by atoms with Gasteiger partial charge in [0.2, 0.25) is 0 Å². The zero-order chi connectivity index (χ0) is 48.6. The topological polar surface area (TPSA) is 78.9 Å². The highest BCUT2D eigenvalue weighted by Gasteiger charge is 2.19. The van der Waals surface area contributed by atoms with Gasteiger partial charge in [-0.2, -0.15) is 0 Å². The second kappa shape index (κ2) is 54.9. The molecule has 6 nitrogen and oxygen atoms in total. The van der Waals surface area contributed by atoms with Gasteiger partial charge in [0.15, 0.2) is 6.10 Å². The standard InChI is InChI=1S/C61H102O6/c1-4-7-10-13-16-19-22-25-28-30-33-36-39-42-45-48-51-54-60(63)66-57-58(56-65-59(62)53-50-47-44-41-38-35-32-27-24-21-18-15-12-9-6-3)67-61(64)55-52-49-46-43-40-37-34-31-29-26-23-20-17-14-11-8-5-2/h8,11,16-17,19-20,25-29,32-34,36-37,58H,4-7,9-10,12-15,18,21-24,30-31,35,38-57H2,1-3H3/b11-8-,19-16-,20-17-,28-25-,29-26-,32-27-,36-33-,37-34-/t58-/m0/s1. The second-order valence-corrected chi connectivity index (χ2v) is 18.1. The lowest BCUT2D eigenvalue weighted by Crippen LogP contribution is -2.30. The molecule has 0 saturated heterocycles. The first-order valence-corrected chi connectivity index (χ1v) is 27.7. The van der Waals surface area contributed by atoms with Gasteiger partial charge in [-0.25, -0.2) is 0 Å². The van der Waals surface area contributed by atoms with Crippen LogP contribution in [-0.2, 0) is 28.6 Å². The quantitative estimate of drug-likeness (QED) is 0.0262. The van der Waals surface area contributed by atoms with Gasteiger partial charge in [0.1, 0.15) is 13.2 Å². The summed E-state index contributed by atoms with van der Waals surface area (Å²) >= 11 is 0. The summed E-state index contributed by atoms with van der Waals surface area (Å²) in [5, 5.41) is 0. The normalized spacial score (nSPS) is 12.8. The fraction of sp³-hybridized carbons (Fsp3) is 0.689. The fourth-order valence-corrected chi connectivity index (χ4v) is 7.37. The zero-order valence-corrected chi connectivity index (χ0v) is 43.6. The Morgan fingerprint density at radius 1 is 0.313 bits per heavy atom. The smallest absolute Gasteiger partial charge is 0.306 e. The minimum absolute atomic E-state index is 0.0999. The summed E-state index contributed by atoms with van der Waals surface area (Å²) in [5.74, 6) is -0.953. The van der Waals surface area contributed by atoms with Gasteiger partial charge in [0.05, 0.1) is 0 Å². The molecule has 0 aromatic heterocycles. The lowest BCUT2D eigenvalue weighted by molar-refractivity contribution is -0.167. The van der Waals surface area contributed by atoms with Crippen molar-refractivity contribution in [2.24, 2.45) is 0 Å². The third-order valence-electron chi connectivity index (χ3n) is 11.5. The summed E-state index contributed by atoms with van der Waals surface area (Å²) in [4.78, 5) is 38.1. The Hall–Kier alpha value is -3.67. The predicted molar refractivity (Wildman–Crippen MR) is 288 cm³/mol. The summed E-state index contributed by atoms with van der Waals surface area (Å²) in [7, 11) is 0. The van der Waals surface area contributed by atoms with Crippen LogP contribution in [0.25, 0.3) is 0 Å². The molecular formula is C61H102O6. The molecule has 0 spiro atoms. The first-order valence-electron chi connectivity index (χ1n) is 27.7. The molecule has 1 atom stereocenters. The number of allylic oxidation sites excluding steroid dienone is 16. The SMILES string of the molecule is CC/C=C\C/C=C\C/C=C\C/C=C\CCCCCCC(=O)O[C@H](COC(=O)CCCCCC/C=C\C/C=C\C/C=C\CCCCC)COC(=O)CCCCCCC/C=C\CCCCCCCC. The van der Waals surface area contributed by atoms with Crippen molar-refractivity contribution in [3.63, 3.8) is 0 Å². The van der Waals surface area contributed by atoms with Gasteiger partial charge < -0.3 is 14.2 Å². The molecule has 0 fully saturated rings. The van der Waals surface area contributed by atoms with Crippen LogP contribution < -0.4 is 0 Å². The monoisotopic (exact) mass is 931 g/mol. The number of rotatable bonds is 49. The number of hydrogen-bond acceptors (Lipinski definition) is 6. The Kier molecular flexibility index (Phi) is 51.9. The summed E-state index contributed by atoms with van der Waals surface area (Å²) in [6.45, 7) is 6.45. The van der Waals surface area contributed by atoms with Gasteiger partial charge in [-0.1, -0.05) is 208 Å². The third-order valence-corrected chi connectivity index (χ3v) is 11.5. The average Bonchev–Trinajstić information content (AvgIpc) is 3.33. The number of unbranched alkanes of at least 4 members (excludes halogenated alkanes) is 22. The Labute approximate surface area is 413 Å². The Morgan fingerprint density at radius 2 is 0.582 bits per heavy atom. The third kappa shape index (κ3) is 53.2. The minimum atomic E-state index is -0.804. The van der Waals surface area contributed by atoms with E-state index in [-0.39, 0.29) is 31.1 Å². The van der Waals surface area contributed by atoms with E-state index in [2.05, 4.69) is 118 Å². The Bertz CT molecular complexity index is 1350. The largest absolute Gasteiger partial charge is 0.462 e. The van der Waals surface area contributed by atoms with E-state index in [0.717, 1.165) is 128 Å². The van der Waals surface area contributed by atoms with Crippen molar-refractivity contribution in [3.8, 4) is 0 Å². The van der Waals surface area contributed by atoms with Crippen molar-refractivity contribution in [3.05, 3.63) is 97.2 Å². The summed E-state index contributed by atoms with van der Waals surface area (Å²) in [5.41, 5.74) is 0. The molecular weight excluding hydrogens is 829 g/mol. The maximum absolute atomic E-state index is 12.8. The van der Waals surface area contributed by atoms with Crippen molar-refractivity contribution in [1.29, 1.82) is 0 Å². The van der Waals surface area contributed by atoms with Crippen LogP contribution in [0, 0.1) is 0 Å². The Morgan fingerprint density at radius 3 is 0.955 bits per heavy atom. The molecule has 0 aromatic carbocycles. The zero-order valence-electron chi connectivity index (χ0n) is 43.6. The van der Waals surface area contributed by atoms with Gasteiger partial charge in [-0.05, 0) is 122 Å². The number of ether oxygens (including phenoxy) is 3. The predicted octanol–water partition coefficient (Wildman–Crippen LogP) is 18.5.